The number of anilines is 1. The van der Waals surface area contributed by atoms with Crippen molar-refractivity contribution in [2.45, 2.75) is 75.9 Å². The summed E-state index contributed by atoms with van der Waals surface area (Å²) in [5.41, 5.74) is 4.24. The van der Waals surface area contributed by atoms with Gasteiger partial charge in [0.2, 0.25) is 11.8 Å². The lowest BCUT2D eigenvalue weighted by Gasteiger charge is -2.34. The Morgan fingerprint density at radius 3 is 2.04 bits per heavy atom. The highest BCUT2D eigenvalue weighted by atomic mass is 32.2. The van der Waals surface area contributed by atoms with Crippen LogP contribution < -0.4 is 9.62 Å². The molecule has 0 heterocycles. The van der Waals surface area contributed by atoms with Gasteiger partial charge in [-0.3, -0.25) is 13.9 Å². The maximum absolute atomic E-state index is 14.7. The van der Waals surface area contributed by atoms with Crippen LogP contribution in [-0.2, 0) is 39.0 Å². The Balaban J connectivity index is 1.56. The van der Waals surface area contributed by atoms with E-state index in [1.807, 2.05) is 80.6 Å². The summed E-state index contributed by atoms with van der Waals surface area (Å²) >= 11 is 0. The van der Waals surface area contributed by atoms with E-state index in [4.69, 9.17) is 0 Å². The molecule has 0 radical (unpaired) electrons. The average molecular weight is 638 g/mol. The Kier molecular flexibility index (Phi) is 10.9. The van der Waals surface area contributed by atoms with Crippen LogP contribution in [0.4, 0.5) is 5.69 Å². The van der Waals surface area contributed by atoms with Crippen LogP contribution in [0.1, 0.15) is 54.9 Å². The third kappa shape index (κ3) is 8.04. The molecule has 8 heteroatoms. The van der Waals surface area contributed by atoms with Crippen molar-refractivity contribution >= 4 is 27.5 Å². The summed E-state index contributed by atoms with van der Waals surface area (Å²) < 4.78 is 29.5. The van der Waals surface area contributed by atoms with E-state index >= 15 is 0 Å². The number of benzene rings is 4. The predicted molar refractivity (Wildman–Crippen MR) is 183 cm³/mol. The first-order valence-corrected chi connectivity index (χ1v) is 17.5. The van der Waals surface area contributed by atoms with Crippen molar-refractivity contribution in [3.05, 3.63) is 131 Å². The van der Waals surface area contributed by atoms with Crippen LogP contribution in [0, 0.1) is 6.92 Å². The second-order valence-corrected chi connectivity index (χ2v) is 13.9. The van der Waals surface area contributed by atoms with Crippen molar-refractivity contribution in [3.8, 4) is 0 Å². The first kappa shape index (κ1) is 32.9. The minimum absolute atomic E-state index is 0.0632. The van der Waals surface area contributed by atoms with Crippen LogP contribution in [0.25, 0.3) is 0 Å². The zero-order valence-corrected chi connectivity index (χ0v) is 27.5. The minimum Gasteiger partial charge on any atom is -0.352 e. The molecule has 1 fully saturated rings. The number of rotatable bonds is 13. The molecule has 0 aliphatic heterocycles. The lowest BCUT2D eigenvalue weighted by atomic mass is 10.0. The van der Waals surface area contributed by atoms with Gasteiger partial charge in [-0.1, -0.05) is 105 Å². The fourth-order valence-corrected chi connectivity index (χ4v) is 7.47. The molecule has 0 aromatic heterocycles. The van der Waals surface area contributed by atoms with Crippen molar-refractivity contribution in [1.82, 2.24) is 10.2 Å². The molecular formula is C38H43N3O4S. The maximum atomic E-state index is 14.7. The highest BCUT2D eigenvalue weighted by Crippen LogP contribution is 2.26. The molecule has 4 aromatic carbocycles. The highest BCUT2D eigenvalue weighted by molar-refractivity contribution is 7.92. The number of hydrogen-bond donors (Lipinski definition) is 1. The second-order valence-electron chi connectivity index (χ2n) is 12.0. The van der Waals surface area contributed by atoms with Gasteiger partial charge in [-0.05, 0) is 72.7 Å². The predicted octanol–water partition coefficient (Wildman–Crippen LogP) is 6.45. The summed E-state index contributed by atoms with van der Waals surface area (Å²) in [6, 6.07) is 32.1. The molecule has 1 aliphatic carbocycles. The van der Waals surface area contributed by atoms with Crippen molar-refractivity contribution in [3.63, 3.8) is 0 Å². The maximum Gasteiger partial charge on any atom is 0.264 e. The lowest BCUT2D eigenvalue weighted by molar-refractivity contribution is -0.140. The van der Waals surface area contributed by atoms with Crippen LogP contribution in [0.15, 0.2) is 114 Å². The normalized spacial score (nSPS) is 14.0. The summed E-state index contributed by atoms with van der Waals surface area (Å²) in [7, 11) is -4.12. The van der Waals surface area contributed by atoms with E-state index in [1.54, 1.807) is 35.2 Å². The van der Waals surface area contributed by atoms with Gasteiger partial charge in [0.25, 0.3) is 10.0 Å². The van der Waals surface area contributed by atoms with Gasteiger partial charge in [0.15, 0.2) is 0 Å². The number of hydrogen-bond acceptors (Lipinski definition) is 4. The molecule has 5 rings (SSSR count). The number of nitrogens with zero attached hydrogens (tertiary/aromatic N) is 2. The van der Waals surface area contributed by atoms with Crippen LogP contribution >= 0.6 is 0 Å². The molecule has 1 aliphatic rings. The standard InChI is InChI=1S/C38H43N3O4S/c1-3-30-22-24-34(25-23-30)41(46(44,45)35-20-8-5-9-21-35)28-37(42)40(27-32-17-11-10-14-29(32)2)36(26-31-15-6-4-7-16-31)38(43)39-33-18-12-13-19-33/h4-11,14-17,20-25,33,36H,3,12-13,18-19,26-28H2,1-2H3,(H,39,43). The van der Waals surface area contributed by atoms with Gasteiger partial charge in [0.1, 0.15) is 12.6 Å². The molecule has 7 nitrogen and oxygen atoms in total. The molecule has 0 saturated heterocycles. The summed E-state index contributed by atoms with van der Waals surface area (Å²) in [6.07, 6.45) is 5.03. The van der Waals surface area contributed by atoms with E-state index < -0.39 is 28.5 Å². The van der Waals surface area contributed by atoms with Crippen molar-refractivity contribution in [2.75, 3.05) is 10.8 Å². The third-order valence-electron chi connectivity index (χ3n) is 8.82. The summed E-state index contributed by atoms with van der Waals surface area (Å²) in [5, 5.41) is 3.22. The number of aryl methyl sites for hydroxylation is 2. The van der Waals surface area contributed by atoms with Crippen LogP contribution in [-0.4, -0.2) is 43.8 Å². The van der Waals surface area contributed by atoms with Crippen LogP contribution in [0.5, 0.6) is 0 Å². The zero-order chi connectivity index (χ0) is 32.5. The third-order valence-corrected chi connectivity index (χ3v) is 10.6. The van der Waals surface area contributed by atoms with Crippen molar-refractivity contribution in [2.24, 2.45) is 0 Å². The molecule has 46 heavy (non-hydrogen) atoms. The van der Waals surface area contributed by atoms with E-state index in [0.29, 0.717) is 12.1 Å². The molecule has 2 amide bonds. The largest absolute Gasteiger partial charge is 0.352 e. The number of carbonyl (C=O) groups excluding carboxylic acids is 2. The van der Waals surface area contributed by atoms with E-state index in [2.05, 4.69) is 5.32 Å². The molecule has 0 spiro atoms. The summed E-state index contributed by atoms with van der Waals surface area (Å²) in [6.45, 7) is 3.71. The molecule has 1 saturated carbocycles. The van der Waals surface area contributed by atoms with E-state index in [-0.39, 0.29) is 23.4 Å². The summed E-state index contributed by atoms with van der Waals surface area (Å²) in [5.74, 6) is -0.674. The Morgan fingerprint density at radius 1 is 0.804 bits per heavy atom. The fourth-order valence-electron chi connectivity index (χ4n) is 6.04. The number of nitrogens with one attached hydrogen (secondary N) is 1. The molecule has 1 atom stereocenters. The first-order chi connectivity index (χ1) is 22.3. The molecule has 4 aromatic rings. The topological polar surface area (TPSA) is 86.8 Å². The number of sulfonamides is 1. The Morgan fingerprint density at radius 2 is 1.41 bits per heavy atom. The first-order valence-electron chi connectivity index (χ1n) is 16.1. The van der Waals surface area contributed by atoms with E-state index in [1.165, 1.54) is 16.4 Å². The molecule has 240 valence electrons. The van der Waals surface area contributed by atoms with E-state index in [9.17, 15) is 18.0 Å². The quantitative estimate of drug-likeness (QED) is 0.183. The number of amides is 2. The fraction of sp³-hybridized carbons (Fsp3) is 0.316. The van der Waals surface area contributed by atoms with Gasteiger partial charge in [0, 0.05) is 19.0 Å². The molecule has 1 N–H and O–H groups in total. The smallest absolute Gasteiger partial charge is 0.264 e. The SMILES string of the molecule is CCc1ccc(N(CC(=O)N(Cc2ccccc2C)C(Cc2ccccc2)C(=O)NC2CCCC2)S(=O)(=O)c2ccccc2)cc1. The van der Waals surface area contributed by atoms with Crippen LogP contribution in [0.2, 0.25) is 0 Å². The van der Waals surface area contributed by atoms with Gasteiger partial charge in [0.05, 0.1) is 10.6 Å². The molecule has 0 bridgehead atoms. The Hall–Kier alpha value is -4.43. The molecule has 1 unspecified atom stereocenters. The minimum atomic E-state index is -4.12. The zero-order valence-electron chi connectivity index (χ0n) is 26.6. The van der Waals surface area contributed by atoms with Gasteiger partial charge in [-0.2, -0.15) is 0 Å². The van der Waals surface area contributed by atoms with Gasteiger partial charge in [-0.15, -0.1) is 0 Å². The van der Waals surface area contributed by atoms with Crippen LogP contribution in [0.3, 0.4) is 0 Å². The summed E-state index contributed by atoms with van der Waals surface area (Å²) in [4.78, 5) is 30.5. The van der Waals surface area contributed by atoms with Gasteiger partial charge < -0.3 is 10.2 Å². The van der Waals surface area contributed by atoms with Gasteiger partial charge in [-0.25, -0.2) is 8.42 Å². The Bertz CT molecular complexity index is 1700. The second kappa shape index (κ2) is 15.2. The lowest BCUT2D eigenvalue weighted by Crippen LogP contribution is -2.54. The average Bonchev–Trinajstić information content (AvgIpc) is 3.60. The number of carbonyl (C=O) groups is 2. The Labute approximate surface area is 273 Å². The molecular weight excluding hydrogens is 595 g/mol. The van der Waals surface area contributed by atoms with Crippen molar-refractivity contribution in [1.29, 1.82) is 0 Å². The van der Waals surface area contributed by atoms with Gasteiger partial charge >= 0.3 is 0 Å². The monoisotopic (exact) mass is 637 g/mol. The highest BCUT2D eigenvalue weighted by Gasteiger charge is 2.35. The van der Waals surface area contributed by atoms with E-state index in [0.717, 1.165) is 54.4 Å². The van der Waals surface area contributed by atoms with Crippen molar-refractivity contribution < 1.29 is 18.0 Å².